The molecule has 18 heavy (non-hydrogen) atoms. The Bertz CT molecular complexity index is 402. The maximum absolute atomic E-state index is 12.6. The molecular formula is C13H21BrN2OS. The van der Waals surface area contributed by atoms with Crippen LogP contribution in [0.2, 0.25) is 0 Å². The molecule has 0 aliphatic rings. The van der Waals surface area contributed by atoms with E-state index in [-0.39, 0.29) is 5.91 Å². The average molecular weight is 333 g/mol. The lowest BCUT2D eigenvalue weighted by molar-refractivity contribution is 0.0687. The highest BCUT2D eigenvalue weighted by atomic mass is 79.9. The van der Waals surface area contributed by atoms with Crippen LogP contribution in [0, 0.1) is 13.8 Å². The summed E-state index contributed by atoms with van der Waals surface area (Å²) >= 11 is 4.93. The van der Waals surface area contributed by atoms with Gasteiger partial charge in [-0.2, -0.15) is 0 Å². The number of thiazole rings is 1. The maximum Gasteiger partial charge on any atom is 0.266 e. The van der Waals surface area contributed by atoms with Crippen LogP contribution >= 0.6 is 27.3 Å². The molecule has 0 atom stereocenters. The molecule has 0 saturated carbocycles. The minimum atomic E-state index is 0.131. The molecule has 1 aromatic heterocycles. The van der Waals surface area contributed by atoms with Gasteiger partial charge in [-0.05, 0) is 26.7 Å². The summed E-state index contributed by atoms with van der Waals surface area (Å²) in [6.07, 6.45) is 1.98. The zero-order chi connectivity index (χ0) is 13.7. The number of hydrogen-bond donors (Lipinski definition) is 0. The summed E-state index contributed by atoms with van der Waals surface area (Å²) in [5.74, 6) is 0.131. The third-order valence-corrected chi connectivity index (χ3v) is 4.48. The van der Waals surface area contributed by atoms with E-state index in [9.17, 15) is 4.79 Å². The second-order valence-corrected chi connectivity index (χ2v) is 6.30. The van der Waals surface area contributed by atoms with E-state index >= 15 is 0 Å². The summed E-state index contributed by atoms with van der Waals surface area (Å²) in [7, 11) is 0. The molecule has 0 bridgehead atoms. The largest absolute Gasteiger partial charge is 0.334 e. The topological polar surface area (TPSA) is 33.2 Å². The number of halogens is 1. The third kappa shape index (κ3) is 3.54. The highest BCUT2D eigenvalue weighted by molar-refractivity contribution is 9.09. The van der Waals surface area contributed by atoms with Gasteiger partial charge in [0.15, 0.2) is 0 Å². The van der Waals surface area contributed by atoms with E-state index in [1.165, 1.54) is 11.3 Å². The number of aromatic nitrogens is 1. The summed E-state index contributed by atoms with van der Waals surface area (Å²) in [6, 6.07) is 0.317. The van der Waals surface area contributed by atoms with Crippen LogP contribution in [0.3, 0.4) is 0 Å². The number of nitrogens with zero attached hydrogens (tertiary/aromatic N) is 2. The first-order chi connectivity index (χ1) is 8.54. The molecule has 5 heteroatoms. The zero-order valence-electron chi connectivity index (χ0n) is 11.5. The smallest absolute Gasteiger partial charge is 0.266 e. The minimum absolute atomic E-state index is 0.131. The fourth-order valence-electron chi connectivity index (χ4n) is 2.13. The second-order valence-electron chi connectivity index (χ2n) is 4.31. The Morgan fingerprint density at radius 1 is 1.39 bits per heavy atom. The number of hydrogen-bond acceptors (Lipinski definition) is 3. The van der Waals surface area contributed by atoms with Crippen molar-refractivity contribution in [3.63, 3.8) is 0 Å². The lowest BCUT2D eigenvalue weighted by Gasteiger charge is -2.29. The van der Waals surface area contributed by atoms with Crippen molar-refractivity contribution in [1.29, 1.82) is 0 Å². The first-order valence-electron chi connectivity index (χ1n) is 6.36. The van der Waals surface area contributed by atoms with Crippen LogP contribution in [0.1, 0.15) is 47.1 Å². The normalized spacial score (nSPS) is 11.0. The van der Waals surface area contributed by atoms with E-state index in [0.29, 0.717) is 6.04 Å². The molecule has 0 aromatic carbocycles. The van der Waals surface area contributed by atoms with E-state index in [4.69, 9.17) is 0 Å². The van der Waals surface area contributed by atoms with Crippen molar-refractivity contribution in [3.05, 3.63) is 15.6 Å². The Morgan fingerprint density at radius 2 is 2.00 bits per heavy atom. The molecule has 0 N–H and O–H groups in total. The van der Waals surface area contributed by atoms with Gasteiger partial charge in [0.05, 0.1) is 10.7 Å². The molecule has 0 unspecified atom stereocenters. The van der Waals surface area contributed by atoms with Crippen molar-refractivity contribution in [1.82, 2.24) is 9.88 Å². The van der Waals surface area contributed by atoms with Gasteiger partial charge in [-0.15, -0.1) is 11.3 Å². The van der Waals surface area contributed by atoms with Gasteiger partial charge in [0.25, 0.3) is 5.91 Å². The predicted molar refractivity (Wildman–Crippen MR) is 80.8 cm³/mol. The van der Waals surface area contributed by atoms with E-state index < -0.39 is 0 Å². The summed E-state index contributed by atoms with van der Waals surface area (Å²) in [6.45, 7) is 8.87. The second kappa shape index (κ2) is 7.24. The molecule has 0 radical (unpaired) electrons. The lowest BCUT2D eigenvalue weighted by atomic mass is 10.1. The molecule has 102 valence electrons. The first kappa shape index (κ1) is 15.6. The van der Waals surface area contributed by atoms with Crippen molar-refractivity contribution in [2.75, 3.05) is 11.9 Å². The van der Waals surface area contributed by atoms with Crippen molar-refractivity contribution >= 4 is 33.2 Å². The quantitative estimate of drug-likeness (QED) is 0.742. The third-order valence-electron chi connectivity index (χ3n) is 3.07. The van der Waals surface area contributed by atoms with Gasteiger partial charge in [0, 0.05) is 17.9 Å². The molecule has 1 heterocycles. The number of alkyl halides is 1. The van der Waals surface area contributed by atoms with Crippen molar-refractivity contribution in [2.45, 2.75) is 46.6 Å². The molecular weight excluding hydrogens is 312 g/mol. The molecule has 0 aliphatic carbocycles. The first-order valence-corrected chi connectivity index (χ1v) is 8.29. The maximum atomic E-state index is 12.6. The number of carbonyl (C=O) groups is 1. The van der Waals surface area contributed by atoms with Crippen LogP contribution in [-0.2, 0) is 0 Å². The SMILES string of the molecule is CCC(CC)N(CCBr)C(=O)c1sc(C)nc1C. The van der Waals surface area contributed by atoms with Crippen molar-refractivity contribution < 1.29 is 4.79 Å². The highest BCUT2D eigenvalue weighted by Crippen LogP contribution is 2.22. The van der Waals surface area contributed by atoms with Crippen LogP contribution in [0.5, 0.6) is 0 Å². The summed E-state index contributed by atoms with van der Waals surface area (Å²) in [4.78, 5) is 19.7. The van der Waals surface area contributed by atoms with Gasteiger partial charge in [0.2, 0.25) is 0 Å². The minimum Gasteiger partial charge on any atom is -0.334 e. The molecule has 0 aliphatic heterocycles. The molecule has 0 fully saturated rings. The summed E-state index contributed by atoms with van der Waals surface area (Å²) in [5.41, 5.74) is 0.855. The van der Waals surface area contributed by atoms with Crippen LogP contribution < -0.4 is 0 Å². The van der Waals surface area contributed by atoms with Gasteiger partial charge in [0.1, 0.15) is 4.88 Å². The number of amides is 1. The molecule has 3 nitrogen and oxygen atoms in total. The predicted octanol–water partition coefficient (Wildman–Crippen LogP) is 3.79. The standard InChI is InChI=1S/C13H21BrN2OS/c1-5-11(6-2)16(8-7-14)13(17)12-9(3)15-10(4)18-12/h11H,5-8H2,1-4H3. The van der Waals surface area contributed by atoms with E-state index in [0.717, 1.165) is 40.3 Å². The lowest BCUT2D eigenvalue weighted by Crippen LogP contribution is -2.40. The fourth-order valence-corrected chi connectivity index (χ4v) is 3.39. The zero-order valence-corrected chi connectivity index (χ0v) is 13.9. The molecule has 1 aromatic rings. The van der Waals surface area contributed by atoms with Crippen molar-refractivity contribution in [3.8, 4) is 0 Å². The Kier molecular flexibility index (Phi) is 6.29. The van der Waals surface area contributed by atoms with Crippen LogP contribution in [0.15, 0.2) is 0 Å². The Labute approximate surface area is 122 Å². The fraction of sp³-hybridized carbons (Fsp3) is 0.692. The number of carbonyl (C=O) groups excluding carboxylic acids is 1. The average Bonchev–Trinajstić information content (AvgIpc) is 2.68. The van der Waals surface area contributed by atoms with Crippen LogP contribution in [0.25, 0.3) is 0 Å². The van der Waals surface area contributed by atoms with Gasteiger partial charge < -0.3 is 4.90 Å². The molecule has 0 spiro atoms. The van der Waals surface area contributed by atoms with Gasteiger partial charge in [-0.25, -0.2) is 4.98 Å². The molecule has 0 saturated heterocycles. The molecule has 1 amide bonds. The van der Waals surface area contributed by atoms with Gasteiger partial charge in [-0.3, -0.25) is 4.79 Å². The Balaban J connectivity index is 2.98. The Morgan fingerprint density at radius 3 is 2.39 bits per heavy atom. The van der Waals surface area contributed by atoms with E-state index in [2.05, 4.69) is 34.8 Å². The Hall–Kier alpha value is -0.420. The van der Waals surface area contributed by atoms with Crippen LogP contribution in [0.4, 0.5) is 0 Å². The number of rotatable bonds is 6. The molecule has 1 rings (SSSR count). The monoisotopic (exact) mass is 332 g/mol. The van der Waals surface area contributed by atoms with Crippen LogP contribution in [-0.4, -0.2) is 33.7 Å². The van der Waals surface area contributed by atoms with E-state index in [1.807, 2.05) is 18.7 Å². The summed E-state index contributed by atoms with van der Waals surface area (Å²) in [5, 5.41) is 1.77. The van der Waals surface area contributed by atoms with Gasteiger partial charge in [-0.1, -0.05) is 29.8 Å². The number of aryl methyl sites for hydroxylation is 2. The van der Waals surface area contributed by atoms with Crippen molar-refractivity contribution in [2.24, 2.45) is 0 Å². The summed E-state index contributed by atoms with van der Waals surface area (Å²) < 4.78 is 0. The highest BCUT2D eigenvalue weighted by Gasteiger charge is 2.24. The van der Waals surface area contributed by atoms with E-state index in [1.54, 1.807) is 0 Å². The van der Waals surface area contributed by atoms with Gasteiger partial charge >= 0.3 is 0 Å².